The summed E-state index contributed by atoms with van der Waals surface area (Å²) < 4.78 is 27.0. The van der Waals surface area contributed by atoms with Crippen molar-refractivity contribution >= 4 is 26.0 Å². The summed E-state index contributed by atoms with van der Waals surface area (Å²) in [6.45, 7) is 6.28. The second-order valence-corrected chi connectivity index (χ2v) is 7.23. The van der Waals surface area contributed by atoms with Gasteiger partial charge in [-0.3, -0.25) is 0 Å². The Kier molecular flexibility index (Phi) is 5.82. The van der Waals surface area contributed by atoms with E-state index in [-0.39, 0.29) is 0 Å². The molecule has 1 N–H and O–H groups in total. The van der Waals surface area contributed by atoms with E-state index >= 15 is 0 Å². The zero-order chi connectivity index (χ0) is 13.8. The zero-order valence-electron chi connectivity index (χ0n) is 11.0. The molecule has 18 heavy (non-hydrogen) atoms. The van der Waals surface area contributed by atoms with Crippen LogP contribution in [-0.2, 0) is 10.0 Å². The van der Waals surface area contributed by atoms with Gasteiger partial charge < -0.3 is 0 Å². The fraction of sp³-hybridized carbons (Fsp3) is 0.538. The normalized spacial score (nSPS) is 13.6. The minimum Gasteiger partial charge on any atom is -0.211 e. The maximum absolute atomic E-state index is 12.2. The number of sulfonamides is 1. The Bertz CT molecular complexity index is 500. The minimum absolute atomic E-state index is 0.324. The number of alkyl halides is 1. The minimum atomic E-state index is -3.39. The predicted octanol–water partition coefficient (Wildman–Crippen LogP) is 3.00. The lowest BCUT2D eigenvalue weighted by molar-refractivity contribution is 0.531. The Morgan fingerprint density at radius 1 is 1.33 bits per heavy atom. The summed E-state index contributed by atoms with van der Waals surface area (Å²) >= 11 is 3.36. The summed E-state index contributed by atoms with van der Waals surface area (Å²) in [5, 5.41) is 0.888. The van der Waals surface area contributed by atoms with Crippen molar-refractivity contribution < 1.29 is 8.42 Å². The van der Waals surface area contributed by atoms with Gasteiger partial charge in [-0.2, -0.15) is 0 Å². The van der Waals surface area contributed by atoms with Crippen LogP contribution in [0.3, 0.4) is 0 Å². The Balaban J connectivity index is 2.80. The van der Waals surface area contributed by atoms with E-state index in [2.05, 4.69) is 20.7 Å². The van der Waals surface area contributed by atoms with E-state index < -0.39 is 10.0 Å². The first-order valence-electron chi connectivity index (χ1n) is 5.99. The molecule has 1 atom stereocenters. The molecule has 0 aliphatic heterocycles. The number of nitrogens with one attached hydrogen (secondary N) is 1. The van der Waals surface area contributed by atoms with E-state index in [4.69, 9.17) is 0 Å². The van der Waals surface area contributed by atoms with Crippen LogP contribution in [0.4, 0.5) is 0 Å². The Labute approximate surface area is 118 Å². The van der Waals surface area contributed by atoms with E-state index in [1.807, 2.05) is 32.9 Å². The molecule has 0 amide bonds. The SMILES string of the molecule is Cc1ccc(S(=O)(=O)NCC(C)CCBr)c(C)c1. The van der Waals surface area contributed by atoms with Crippen LogP contribution in [0.1, 0.15) is 24.5 Å². The summed E-state index contributed by atoms with van der Waals surface area (Å²) in [5.74, 6) is 0.324. The number of hydrogen-bond acceptors (Lipinski definition) is 2. The van der Waals surface area contributed by atoms with Crippen LogP contribution in [0.2, 0.25) is 0 Å². The van der Waals surface area contributed by atoms with Crippen LogP contribution >= 0.6 is 15.9 Å². The molecule has 0 radical (unpaired) electrons. The maximum atomic E-state index is 12.2. The number of halogens is 1. The van der Waals surface area contributed by atoms with Gasteiger partial charge in [0.1, 0.15) is 0 Å². The van der Waals surface area contributed by atoms with Crippen LogP contribution < -0.4 is 4.72 Å². The van der Waals surface area contributed by atoms with Crippen molar-refractivity contribution in [2.75, 3.05) is 11.9 Å². The van der Waals surface area contributed by atoms with Gasteiger partial charge in [-0.15, -0.1) is 0 Å². The first kappa shape index (κ1) is 15.7. The number of hydrogen-bond donors (Lipinski definition) is 1. The van der Waals surface area contributed by atoms with Crippen molar-refractivity contribution in [3.63, 3.8) is 0 Å². The van der Waals surface area contributed by atoms with E-state index in [0.717, 1.165) is 22.9 Å². The molecular formula is C13H20BrNO2S. The molecule has 0 spiro atoms. The van der Waals surface area contributed by atoms with Crippen LogP contribution in [0, 0.1) is 19.8 Å². The topological polar surface area (TPSA) is 46.2 Å². The van der Waals surface area contributed by atoms with E-state index in [1.54, 1.807) is 6.07 Å². The molecule has 0 saturated carbocycles. The van der Waals surface area contributed by atoms with Crippen molar-refractivity contribution in [2.24, 2.45) is 5.92 Å². The van der Waals surface area contributed by atoms with E-state index in [9.17, 15) is 8.42 Å². The number of rotatable bonds is 6. The summed E-state index contributed by atoms with van der Waals surface area (Å²) in [5.41, 5.74) is 1.86. The molecule has 0 saturated heterocycles. The largest absolute Gasteiger partial charge is 0.240 e. The van der Waals surface area contributed by atoms with Crippen LogP contribution in [0.15, 0.2) is 23.1 Å². The summed E-state index contributed by atoms with van der Waals surface area (Å²) in [4.78, 5) is 0.374. The molecule has 1 aromatic carbocycles. The van der Waals surface area contributed by atoms with Gasteiger partial charge in [0.15, 0.2) is 0 Å². The van der Waals surface area contributed by atoms with Crippen molar-refractivity contribution in [1.29, 1.82) is 0 Å². The highest BCUT2D eigenvalue weighted by Crippen LogP contribution is 2.16. The highest BCUT2D eigenvalue weighted by molar-refractivity contribution is 9.09. The third-order valence-electron chi connectivity index (χ3n) is 2.84. The molecule has 1 unspecified atom stereocenters. The van der Waals surface area contributed by atoms with Gasteiger partial charge in [0, 0.05) is 11.9 Å². The van der Waals surface area contributed by atoms with Gasteiger partial charge in [-0.1, -0.05) is 40.5 Å². The molecule has 1 rings (SSSR count). The quantitative estimate of drug-likeness (QED) is 0.813. The smallest absolute Gasteiger partial charge is 0.211 e. The summed E-state index contributed by atoms with van der Waals surface area (Å²) in [7, 11) is -3.39. The molecule has 0 heterocycles. The van der Waals surface area contributed by atoms with E-state index in [1.165, 1.54) is 0 Å². The molecule has 0 aromatic heterocycles. The average molecular weight is 334 g/mol. The Hall–Kier alpha value is -0.390. The average Bonchev–Trinajstić information content (AvgIpc) is 2.26. The molecule has 0 aliphatic rings. The molecule has 0 bridgehead atoms. The first-order valence-corrected chi connectivity index (χ1v) is 8.60. The zero-order valence-corrected chi connectivity index (χ0v) is 13.4. The lowest BCUT2D eigenvalue weighted by atomic mass is 10.1. The summed E-state index contributed by atoms with van der Waals surface area (Å²) in [6, 6.07) is 5.38. The molecule has 102 valence electrons. The molecular weight excluding hydrogens is 314 g/mol. The van der Waals surface area contributed by atoms with Gasteiger partial charge in [-0.05, 0) is 37.8 Å². The molecule has 3 nitrogen and oxygen atoms in total. The van der Waals surface area contributed by atoms with E-state index in [0.29, 0.717) is 17.4 Å². The van der Waals surface area contributed by atoms with Crippen molar-refractivity contribution in [3.05, 3.63) is 29.3 Å². The van der Waals surface area contributed by atoms with Gasteiger partial charge >= 0.3 is 0 Å². The fourth-order valence-electron chi connectivity index (χ4n) is 1.72. The third-order valence-corrected chi connectivity index (χ3v) is 4.89. The highest BCUT2D eigenvalue weighted by atomic mass is 79.9. The number of benzene rings is 1. The Morgan fingerprint density at radius 2 is 2.00 bits per heavy atom. The van der Waals surface area contributed by atoms with Gasteiger partial charge in [0.05, 0.1) is 4.90 Å². The van der Waals surface area contributed by atoms with Crippen molar-refractivity contribution in [1.82, 2.24) is 4.72 Å². The van der Waals surface area contributed by atoms with Crippen molar-refractivity contribution in [3.8, 4) is 0 Å². The van der Waals surface area contributed by atoms with Crippen molar-refractivity contribution in [2.45, 2.75) is 32.1 Å². The number of aryl methyl sites for hydroxylation is 2. The fourth-order valence-corrected chi connectivity index (χ4v) is 3.89. The monoisotopic (exact) mass is 333 g/mol. The molecule has 5 heteroatoms. The first-order chi connectivity index (χ1) is 8.36. The highest BCUT2D eigenvalue weighted by Gasteiger charge is 2.17. The summed E-state index contributed by atoms with van der Waals surface area (Å²) in [6.07, 6.45) is 0.954. The van der Waals surface area contributed by atoms with Gasteiger partial charge in [0.25, 0.3) is 0 Å². The molecule has 1 aromatic rings. The maximum Gasteiger partial charge on any atom is 0.240 e. The second-order valence-electron chi connectivity index (χ2n) is 4.70. The third kappa shape index (κ3) is 4.37. The van der Waals surface area contributed by atoms with Crippen LogP contribution in [0.25, 0.3) is 0 Å². The lowest BCUT2D eigenvalue weighted by Crippen LogP contribution is -2.29. The van der Waals surface area contributed by atoms with Gasteiger partial charge in [-0.25, -0.2) is 13.1 Å². The van der Waals surface area contributed by atoms with Gasteiger partial charge in [0.2, 0.25) is 10.0 Å². The van der Waals surface area contributed by atoms with Crippen LogP contribution in [-0.4, -0.2) is 20.3 Å². The Morgan fingerprint density at radius 3 is 2.56 bits per heavy atom. The molecule has 0 aliphatic carbocycles. The molecule has 0 fully saturated rings. The van der Waals surface area contributed by atoms with Crippen LogP contribution in [0.5, 0.6) is 0 Å². The lowest BCUT2D eigenvalue weighted by Gasteiger charge is -2.13. The predicted molar refractivity (Wildman–Crippen MR) is 78.7 cm³/mol. The second kappa shape index (κ2) is 6.68. The standard InChI is InChI=1S/C13H20BrNO2S/c1-10-4-5-13(12(3)8-10)18(16,17)15-9-11(2)6-7-14/h4-5,8,11,15H,6-7,9H2,1-3H3.